The van der Waals surface area contributed by atoms with Crippen molar-refractivity contribution in [3.8, 4) is 0 Å². The number of morpholine rings is 1. The van der Waals surface area contributed by atoms with E-state index in [0.717, 1.165) is 45.7 Å². The number of carbonyl (C=O) groups excluding carboxylic acids is 1. The van der Waals surface area contributed by atoms with E-state index in [0.29, 0.717) is 44.6 Å². The van der Waals surface area contributed by atoms with Crippen LogP contribution < -0.4 is 10.6 Å². The Labute approximate surface area is 208 Å². The lowest BCUT2D eigenvalue weighted by Crippen LogP contribution is -2.45. The molecule has 2 N–H and O–H groups in total. The first-order chi connectivity index (χ1) is 16.6. The molecule has 3 aromatic rings. The highest BCUT2D eigenvalue weighted by atomic mass is 35.5. The Morgan fingerprint density at radius 2 is 1.82 bits per heavy atom. The molecule has 0 bridgehead atoms. The normalized spacial score (nSPS) is 21.5. The number of ether oxygens (including phenoxy) is 1. The lowest BCUT2D eigenvalue weighted by molar-refractivity contribution is 0.00540. The van der Waals surface area contributed by atoms with E-state index >= 15 is 0 Å². The Morgan fingerprint density at radius 3 is 2.56 bits per heavy atom. The monoisotopic (exact) mass is 503 g/mol. The van der Waals surface area contributed by atoms with Crippen molar-refractivity contribution in [1.82, 2.24) is 14.9 Å². The van der Waals surface area contributed by atoms with Crippen molar-refractivity contribution in [3.63, 3.8) is 0 Å². The third-order valence-electron chi connectivity index (χ3n) is 6.62. The molecule has 4 heterocycles. The Morgan fingerprint density at radius 1 is 1.06 bits per heavy atom. The summed E-state index contributed by atoms with van der Waals surface area (Å²) in [6.45, 7) is 4.48. The summed E-state index contributed by atoms with van der Waals surface area (Å²) in [5.74, 6) is 0.641. The van der Waals surface area contributed by atoms with Gasteiger partial charge in [-0.3, -0.25) is 9.69 Å². The molecule has 5 rings (SSSR count). The fourth-order valence-electron chi connectivity index (χ4n) is 4.80. The molecule has 10 heteroatoms. The average molecular weight is 504 g/mol. The van der Waals surface area contributed by atoms with Crippen molar-refractivity contribution in [2.24, 2.45) is 5.92 Å². The number of hydrogen-bond donors (Lipinski definition) is 2. The first-order valence-electron chi connectivity index (χ1n) is 11.6. The summed E-state index contributed by atoms with van der Waals surface area (Å²) in [5.41, 5.74) is 1.62. The van der Waals surface area contributed by atoms with Crippen LogP contribution in [0.25, 0.3) is 11.1 Å². The van der Waals surface area contributed by atoms with E-state index in [1.54, 1.807) is 24.4 Å². The zero-order valence-corrected chi connectivity index (χ0v) is 20.2. The molecule has 0 radical (unpaired) electrons. The summed E-state index contributed by atoms with van der Waals surface area (Å²) in [6.07, 6.45) is 7.68. The summed E-state index contributed by atoms with van der Waals surface area (Å²) in [6, 6.07) is 5.61. The minimum Gasteiger partial charge on any atom is -0.447 e. The standard InChI is InChI=1S/C24H27Cl2N5O3/c25-16-3-6-20(27-13-16)30-24(32)23-22(21-19(34-23)11-17(26)14-29-21)28-12-15-1-4-18(5-2-15)31-7-9-33-10-8-31/h3,6,11,13-15,18,28H,1-2,4-5,7-10,12H2,(H,27,30,32). The molecule has 0 atom stereocenters. The smallest absolute Gasteiger partial charge is 0.294 e. The topological polar surface area (TPSA) is 92.5 Å². The van der Waals surface area contributed by atoms with Crippen LogP contribution in [0.4, 0.5) is 11.5 Å². The van der Waals surface area contributed by atoms with Gasteiger partial charge in [0, 0.05) is 44.1 Å². The van der Waals surface area contributed by atoms with Gasteiger partial charge in [0.05, 0.1) is 23.3 Å². The van der Waals surface area contributed by atoms with Crippen LogP contribution in [0, 0.1) is 5.92 Å². The molecule has 1 aliphatic carbocycles. The number of fused-ring (bicyclic) bond motifs is 1. The van der Waals surface area contributed by atoms with Crippen molar-refractivity contribution in [1.29, 1.82) is 0 Å². The maximum atomic E-state index is 13.0. The van der Waals surface area contributed by atoms with Crippen LogP contribution in [0.15, 0.2) is 35.0 Å². The van der Waals surface area contributed by atoms with Gasteiger partial charge in [0.1, 0.15) is 17.0 Å². The van der Waals surface area contributed by atoms with E-state index in [1.165, 1.54) is 19.0 Å². The maximum absolute atomic E-state index is 13.0. The van der Waals surface area contributed by atoms with Gasteiger partial charge >= 0.3 is 0 Å². The van der Waals surface area contributed by atoms with Gasteiger partial charge in [0.2, 0.25) is 5.76 Å². The van der Waals surface area contributed by atoms with Crippen molar-refractivity contribution in [2.45, 2.75) is 31.7 Å². The zero-order valence-electron chi connectivity index (χ0n) is 18.7. The highest BCUT2D eigenvalue weighted by Gasteiger charge is 2.28. The minimum absolute atomic E-state index is 0.156. The Balaban J connectivity index is 1.28. The fourth-order valence-corrected chi connectivity index (χ4v) is 5.06. The molecular weight excluding hydrogens is 477 g/mol. The van der Waals surface area contributed by atoms with Gasteiger partial charge in [0.15, 0.2) is 5.58 Å². The van der Waals surface area contributed by atoms with Crippen LogP contribution >= 0.6 is 23.2 Å². The summed E-state index contributed by atoms with van der Waals surface area (Å²) >= 11 is 12.0. The van der Waals surface area contributed by atoms with Crippen molar-refractivity contribution in [3.05, 3.63) is 46.4 Å². The zero-order chi connectivity index (χ0) is 23.5. The Hall–Kier alpha value is -2.39. The van der Waals surface area contributed by atoms with E-state index in [-0.39, 0.29) is 5.76 Å². The summed E-state index contributed by atoms with van der Waals surface area (Å²) in [7, 11) is 0. The molecule has 1 saturated heterocycles. The number of nitrogens with zero attached hydrogens (tertiary/aromatic N) is 3. The van der Waals surface area contributed by atoms with Crippen LogP contribution in [-0.4, -0.2) is 59.7 Å². The Bertz CT molecular complexity index is 1140. The van der Waals surface area contributed by atoms with Gasteiger partial charge in [-0.2, -0.15) is 0 Å². The lowest BCUT2D eigenvalue weighted by atomic mass is 9.85. The van der Waals surface area contributed by atoms with Crippen LogP contribution in [-0.2, 0) is 4.74 Å². The fraction of sp³-hybridized carbons (Fsp3) is 0.458. The van der Waals surface area contributed by atoms with Gasteiger partial charge in [0.25, 0.3) is 5.91 Å². The van der Waals surface area contributed by atoms with Crippen molar-refractivity contribution in [2.75, 3.05) is 43.5 Å². The minimum atomic E-state index is -0.414. The largest absolute Gasteiger partial charge is 0.447 e. The third kappa shape index (κ3) is 5.30. The molecule has 0 spiro atoms. The molecule has 1 aliphatic heterocycles. The van der Waals surface area contributed by atoms with E-state index in [1.807, 2.05) is 0 Å². The van der Waals surface area contributed by atoms with Crippen LogP contribution in [0.2, 0.25) is 10.0 Å². The second kappa shape index (κ2) is 10.5. The number of halogens is 2. The van der Waals surface area contributed by atoms with Gasteiger partial charge in [-0.1, -0.05) is 23.2 Å². The number of furan rings is 1. The number of anilines is 2. The molecule has 34 heavy (non-hydrogen) atoms. The molecular formula is C24H27Cl2N5O3. The van der Waals surface area contributed by atoms with E-state index < -0.39 is 5.91 Å². The molecule has 3 aromatic heterocycles. The predicted octanol–water partition coefficient (Wildman–Crippen LogP) is 5.08. The third-order valence-corrected chi connectivity index (χ3v) is 7.05. The number of pyridine rings is 2. The van der Waals surface area contributed by atoms with Crippen LogP contribution in [0.1, 0.15) is 36.2 Å². The molecule has 0 aromatic carbocycles. The molecule has 1 amide bonds. The molecule has 1 saturated carbocycles. The SMILES string of the molecule is O=C(Nc1ccc(Cl)cn1)c1oc2cc(Cl)cnc2c1NCC1CCC(N2CCOCC2)CC1. The van der Waals surface area contributed by atoms with Gasteiger partial charge in [-0.25, -0.2) is 9.97 Å². The second-order valence-electron chi connectivity index (χ2n) is 8.83. The first kappa shape index (κ1) is 23.4. The number of nitrogens with one attached hydrogen (secondary N) is 2. The Kier molecular flexibility index (Phi) is 7.20. The van der Waals surface area contributed by atoms with Gasteiger partial charge in [-0.05, 0) is 43.7 Å². The van der Waals surface area contributed by atoms with Gasteiger partial charge in [-0.15, -0.1) is 0 Å². The summed E-state index contributed by atoms with van der Waals surface area (Å²) in [4.78, 5) is 24.2. The van der Waals surface area contributed by atoms with Gasteiger partial charge < -0.3 is 19.8 Å². The van der Waals surface area contributed by atoms with Crippen LogP contribution in [0.5, 0.6) is 0 Å². The quantitative estimate of drug-likeness (QED) is 0.484. The van der Waals surface area contributed by atoms with Crippen LogP contribution in [0.3, 0.4) is 0 Å². The lowest BCUT2D eigenvalue weighted by Gasteiger charge is -2.38. The first-order valence-corrected chi connectivity index (χ1v) is 12.4. The molecule has 0 unspecified atom stereocenters. The second-order valence-corrected chi connectivity index (χ2v) is 9.70. The van der Waals surface area contributed by atoms with Crippen molar-refractivity contribution < 1.29 is 13.9 Å². The van der Waals surface area contributed by atoms with E-state index in [9.17, 15) is 4.79 Å². The molecule has 2 aliphatic rings. The number of amides is 1. The van der Waals surface area contributed by atoms with E-state index in [4.69, 9.17) is 32.4 Å². The highest BCUT2D eigenvalue weighted by molar-refractivity contribution is 6.31. The summed E-state index contributed by atoms with van der Waals surface area (Å²) < 4.78 is 11.4. The maximum Gasteiger partial charge on any atom is 0.294 e. The average Bonchev–Trinajstić information content (AvgIpc) is 3.22. The molecule has 2 fully saturated rings. The highest BCUT2D eigenvalue weighted by Crippen LogP contribution is 2.33. The molecule has 8 nitrogen and oxygen atoms in total. The number of rotatable bonds is 6. The number of carbonyl (C=O) groups is 1. The molecule has 180 valence electrons. The number of aromatic nitrogens is 2. The summed E-state index contributed by atoms with van der Waals surface area (Å²) in [5, 5.41) is 7.16. The number of hydrogen-bond acceptors (Lipinski definition) is 7. The van der Waals surface area contributed by atoms with E-state index in [2.05, 4.69) is 25.5 Å². The predicted molar refractivity (Wildman–Crippen MR) is 133 cm³/mol. The van der Waals surface area contributed by atoms with Crippen molar-refractivity contribution >= 4 is 51.7 Å².